The van der Waals surface area contributed by atoms with Gasteiger partial charge in [0.25, 0.3) is 0 Å². The summed E-state index contributed by atoms with van der Waals surface area (Å²) in [6.07, 6.45) is 2.16. The highest BCUT2D eigenvalue weighted by Gasteiger charge is 2.15. The molecule has 0 saturated carbocycles. The number of thioether (sulfide) groups is 1. The van der Waals surface area contributed by atoms with Crippen molar-refractivity contribution in [1.82, 2.24) is 9.78 Å². The largest absolute Gasteiger partial charge is 0.384 e. The van der Waals surface area contributed by atoms with Gasteiger partial charge in [-0.1, -0.05) is 0 Å². The zero-order valence-electron chi connectivity index (χ0n) is 7.21. The smallest absolute Gasteiger partial charge is 0.124 e. The van der Waals surface area contributed by atoms with Crippen LogP contribution in [0.15, 0.2) is 0 Å². The zero-order valence-corrected chi connectivity index (χ0v) is 8.02. The molecule has 0 aromatic carbocycles. The topological polar surface area (TPSA) is 43.8 Å². The van der Waals surface area contributed by atoms with Gasteiger partial charge in [-0.25, -0.2) is 0 Å². The molecule has 1 aromatic rings. The van der Waals surface area contributed by atoms with E-state index in [1.54, 1.807) is 4.68 Å². The molecule has 0 fully saturated rings. The second kappa shape index (κ2) is 3.01. The number of nitrogens with zero attached hydrogens (tertiary/aromatic N) is 2. The van der Waals surface area contributed by atoms with Crippen molar-refractivity contribution in [2.45, 2.75) is 12.8 Å². The number of hydrogen-bond donors (Lipinski definition) is 1. The Morgan fingerprint density at radius 2 is 2.17 bits per heavy atom. The SMILES string of the molecule is Cn1nc2c(c1N)CCSCC2. The summed E-state index contributed by atoms with van der Waals surface area (Å²) in [6, 6.07) is 0. The molecule has 0 atom stereocenters. The van der Waals surface area contributed by atoms with E-state index in [0.717, 1.165) is 18.7 Å². The monoisotopic (exact) mass is 183 g/mol. The summed E-state index contributed by atoms with van der Waals surface area (Å²) in [5.41, 5.74) is 8.37. The van der Waals surface area contributed by atoms with Crippen LogP contribution in [0.5, 0.6) is 0 Å². The van der Waals surface area contributed by atoms with Crippen molar-refractivity contribution in [3.05, 3.63) is 11.3 Å². The van der Waals surface area contributed by atoms with Crippen LogP contribution in [-0.4, -0.2) is 21.3 Å². The molecule has 0 radical (unpaired) electrons. The number of aromatic nitrogens is 2. The van der Waals surface area contributed by atoms with Gasteiger partial charge in [-0.3, -0.25) is 4.68 Å². The summed E-state index contributed by atoms with van der Waals surface area (Å²) in [6.45, 7) is 0. The molecule has 66 valence electrons. The highest BCUT2D eigenvalue weighted by Crippen LogP contribution is 2.23. The first kappa shape index (κ1) is 7.98. The molecule has 1 aliphatic rings. The Bertz CT molecular complexity index is 293. The molecule has 2 N–H and O–H groups in total. The highest BCUT2D eigenvalue weighted by atomic mass is 32.2. The van der Waals surface area contributed by atoms with Gasteiger partial charge in [-0.05, 0) is 17.9 Å². The van der Waals surface area contributed by atoms with Gasteiger partial charge in [0, 0.05) is 19.0 Å². The van der Waals surface area contributed by atoms with Crippen LogP contribution in [0.1, 0.15) is 11.3 Å². The third kappa shape index (κ3) is 1.20. The predicted octanol–water partition coefficient (Wildman–Crippen LogP) is 0.834. The fourth-order valence-corrected chi connectivity index (χ4v) is 2.45. The lowest BCUT2D eigenvalue weighted by molar-refractivity contribution is 0.756. The molecular formula is C8H13N3S. The molecule has 0 aliphatic carbocycles. The molecule has 12 heavy (non-hydrogen) atoms. The molecule has 0 spiro atoms. The van der Waals surface area contributed by atoms with E-state index >= 15 is 0 Å². The normalized spacial score (nSPS) is 17.1. The summed E-state index contributed by atoms with van der Waals surface area (Å²) < 4.78 is 1.79. The minimum atomic E-state index is 0.854. The molecule has 0 amide bonds. The van der Waals surface area contributed by atoms with Crippen LogP contribution >= 0.6 is 11.8 Å². The third-order valence-electron chi connectivity index (χ3n) is 2.26. The lowest BCUT2D eigenvalue weighted by atomic mass is 10.1. The first-order valence-corrected chi connectivity index (χ1v) is 5.32. The average Bonchev–Trinajstić information content (AvgIpc) is 2.30. The van der Waals surface area contributed by atoms with E-state index in [-0.39, 0.29) is 0 Å². The third-order valence-corrected chi connectivity index (χ3v) is 3.24. The standard InChI is InChI=1S/C8H13N3S/c1-11-8(9)6-2-4-12-5-3-7(6)10-11/h2-5,9H2,1H3. The van der Waals surface area contributed by atoms with Crippen molar-refractivity contribution < 1.29 is 0 Å². The van der Waals surface area contributed by atoms with Crippen LogP contribution in [0.2, 0.25) is 0 Å². The molecule has 0 saturated heterocycles. The van der Waals surface area contributed by atoms with Gasteiger partial charge in [0.15, 0.2) is 0 Å². The molecule has 0 unspecified atom stereocenters. The quantitative estimate of drug-likeness (QED) is 0.648. The molecule has 4 heteroatoms. The van der Waals surface area contributed by atoms with Crippen molar-refractivity contribution >= 4 is 17.6 Å². The van der Waals surface area contributed by atoms with Gasteiger partial charge in [-0.2, -0.15) is 16.9 Å². The summed E-state index contributed by atoms with van der Waals surface area (Å²) in [5, 5.41) is 4.39. The summed E-state index contributed by atoms with van der Waals surface area (Å²) in [4.78, 5) is 0. The Balaban J connectivity index is 2.42. The number of nitrogens with two attached hydrogens (primary N) is 1. The Morgan fingerprint density at radius 1 is 1.42 bits per heavy atom. The maximum atomic E-state index is 5.88. The number of fused-ring (bicyclic) bond motifs is 1. The molecule has 2 heterocycles. The van der Waals surface area contributed by atoms with Gasteiger partial charge in [0.1, 0.15) is 5.82 Å². The predicted molar refractivity (Wildman–Crippen MR) is 52.4 cm³/mol. The summed E-state index contributed by atoms with van der Waals surface area (Å²) in [5.74, 6) is 3.22. The van der Waals surface area contributed by atoms with Crippen molar-refractivity contribution in [3.63, 3.8) is 0 Å². The Kier molecular flexibility index (Phi) is 2.00. The summed E-state index contributed by atoms with van der Waals surface area (Å²) in [7, 11) is 1.91. The number of aryl methyl sites for hydroxylation is 2. The van der Waals surface area contributed by atoms with E-state index < -0.39 is 0 Å². The van der Waals surface area contributed by atoms with Crippen molar-refractivity contribution in [1.29, 1.82) is 0 Å². The molecule has 2 rings (SSSR count). The fraction of sp³-hybridized carbons (Fsp3) is 0.625. The second-order valence-electron chi connectivity index (χ2n) is 3.05. The molecule has 1 aromatic heterocycles. The van der Waals surface area contributed by atoms with Gasteiger partial charge in [-0.15, -0.1) is 0 Å². The Hall–Kier alpha value is -0.640. The highest BCUT2D eigenvalue weighted by molar-refractivity contribution is 7.99. The number of anilines is 1. The van der Waals surface area contributed by atoms with Gasteiger partial charge in [0.2, 0.25) is 0 Å². The lowest BCUT2D eigenvalue weighted by Crippen LogP contribution is -2.00. The number of rotatable bonds is 0. The first-order chi connectivity index (χ1) is 5.79. The van der Waals surface area contributed by atoms with Crippen LogP contribution in [0.25, 0.3) is 0 Å². The van der Waals surface area contributed by atoms with Crippen molar-refractivity contribution in [2.24, 2.45) is 7.05 Å². The van der Waals surface area contributed by atoms with Crippen LogP contribution in [0.3, 0.4) is 0 Å². The summed E-state index contributed by atoms with van der Waals surface area (Å²) >= 11 is 1.99. The molecule has 1 aliphatic heterocycles. The van der Waals surface area contributed by atoms with E-state index in [1.165, 1.54) is 22.8 Å². The van der Waals surface area contributed by atoms with Gasteiger partial charge < -0.3 is 5.73 Å². The minimum Gasteiger partial charge on any atom is -0.384 e. The number of hydrogen-bond acceptors (Lipinski definition) is 3. The second-order valence-corrected chi connectivity index (χ2v) is 4.27. The minimum absolute atomic E-state index is 0.854. The Labute approximate surface area is 76.3 Å². The average molecular weight is 183 g/mol. The van der Waals surface area contributed by atoms with Crippen LogP contribution in [-0.2, 0) is 19.9 Å². The van der Waals surface area contributed by atoms with Crippen molar-refractivity contribution in [3.8, 4) is 0 Å². The van der Waals surface area contributed by atoms with E-state index in [0.29, 0.717) is 0 Å². The molecule has 0 bridgehead atoms. The molecular weight excluding hydrogens is 170 g/mol. The van der Waals surface area contributed by atoms with E-state index in [1.807, 2.05) is 18.8 Å². The Morgan fingerprint density at radius 3 is 3.00 bits per heavy atom. The maximum Gasteiger partial charge on any atom is 0.124 e. The van der Waals surface area contributed by atoms with E-state index in [2.05, 4.69) is 5.10 Å². The lowest BCUT2D eigenvalue weighted by Gasteiger charge is -1.97. The first-order valence-electron chi connectivity index (χ1n) is 4.17. The van der Waals surface area contributed by atoms with E-state index in [4.69, 9.17) is 5.73 Å². The van der Waals surface area contributed by atoms with Crippen LogP contribution in [0.4, 0.5) is 5.82 Å². The zero-order chi connectivity index (χ0) is 8.55. The van der Waals surface area contributed by atoms with Crippen LogP contribution < -0.4 is 5.73 Å². The van der Waals surface area contributed by atoms with E-state index in [9.17, 15) is 0 Å². The van der Waals surface area contributed by atoms with Crippen LogP contribution in [0, 0.1) is 0 Å². The van der Waals surface area contributed by atoms with Gasteiger partial charge >= 0.3 is 0 Å². The van der Waals surface area contributed by atoms with Crippen molar-refractivity contribution in [2.75, 3.05) is 17.2 Å². The maximum absolute atomic E-state index is 5.88. The fourth-order valence-electron chi connectivity index (χ4n) is 1.56. The number of nitrogen functional groups attached to an aromatic ring is 1. The molecule has 3 nitrogen and oxygen atoms in total. The van der Waals surface area contributed by atoms with Gasteiger partial charge in [0.05, 0.1) is 5.69 Å².